The van der Waals surface area contributed by atoms with Crippen LogP contribution in [0.5, 0.6) is 0 Å². The third-order valence-corrected chi connectivity index (χ3v) is 4.09. The summed E-state index contributed by atoms with van der Waals surface area (Å²) in [6, 6.07) is 8.33. The predicted molar refractivity (Wildman–Crippen MR) is 72.1 cm³/mol. The molecule has 2 aromatic rings. The summed E-state index contributed by atoms with van der Waals surface area (Å²) in [6.07, 6.45) is 3.29. The molecule has 0 unspecified atom stereocenters. The minimum absolute atomic E-state index is 0.0184. The van der Waals surface area contributed by atoms with Gasteiger partial charge in [0.25, 0.3) is 10.1 Å². The first-order valence-electron chi connectivity index (χ1n) is 5.84. The molecule has 0 spiro atoms. The number of aromatic nitrogens is 1. The Hall–Kier alpha value is -1.72. The third-order valence-electron chi connectivity index (χ3n) is 2.82. The number of pyridine rings is 1. The molecule has 1 aromatic heterocycles. The van der Waals surface area contributed by atoms with Gasteiger partial charge in [0.05, 0.1) is 11.5 Å². The van der Waals surface area contributed by atoms with Gasteiger partial charge in [-0.1, -0.05) is 17.7 Å². The fourth-order valence-electron chi connectivity index (χ4n) is 1.58. The highest BCUT2D eigenvalue weighted by atomic mass is 32.2. The number of hydrogen-bond donors (Lipinski definition) is 0. The van der Waals surface area contributed by atoms with Crippen LogP contribution in [0, 0.1) is 13.8 Å². The fraction of sp³-hybridized carbons (Fsp3) is 0.214. The van der Waals surface area contributed by atoms with Crippen LogP contribution in [0.4, 0.5) is 0 Å². The topological polar surface area (TPSA) is 56.3 Å². The Morgan fingerprint density at radius 1 is 1.11 bits per heavy atom. The summed E-state index contributed by atoms with van der Waals surface area (Å²) in [5, 5.41) is 0. The molecule has 2 rings (SSSR count). The second-order valence-corrected chi connectivity index (χ2v) is 5.95. The van der Waals surface area contributed by atoms with Gasteiger partial charge in [0, 0.05) is 12.4 Å². The minimum atomic E-state index is -3.71. The van der Waals surface area contributed by atoms with E-state index in [-0.39, 0.29) is 11.5 Å². The van der Waals surface area contributed by atoms with Crippen LogP contribution in [-0.2, 0) is 20.9 Å². The number of rotatable bonds is 4. The van der Waals surface area contributed by atoms with Gasteiger partial charge >= 0.3 is 0 Å². The molecule has 0 saturated carbocycles. The molecular weight excluding hydrogens is 262 g/mol. The number of hydrogen-bond acceptors (Lipinski definition) is 4. The van der Waals surface area contributed by atoms with E-state index in [0.29, 0.717) is 0 Å². The molecule has 4 nitrogen and oxygen atoms in total. The van der Waals surface area contributed by atoms with E-state index >= 15 is 0 Å². The minimum Gasteiger partial charge on any atom is -0.264 e. The molecule has 0 fully saturated rings. The summed E-state index contributed by atoms with van der Waals surface area (Å²) in [6.45, 7) is 3.78. The molecule has 0 N–H and O–H groups in total. The van der Waals surface area contributed by atoms with Crippen molar-refractivity contribution in [3.05, 3.63) is 59.4 Å². The van der Waals surface area contributed by atoms with Crippen molar-refractivity contribution in [3.8, 4) is 0 Å². The van der Waals surface area contributed by atoms with Gasteiger partial charge in [-0.2, -0.15) is 8.42 Å². The molecule has 0 saturated heterocycles. The van der Waals surface area contributed by atoms with Crippen molar-refractivity contribution in [1.29, 1.82) is 0 Å². The van der Waals surface area contributed by atoms with Gasteiger partial charge < -0.3 is 0 Å². The van der Waals surface area contributed by atoms with Crippen LogP contribution < -0.4 is 0 Å². The van der Waals surface area contributed by atoms with E-state index in [1.807, 2.05) is 13.8 Å². The quantitative estimate of drug-likeness (QED) is 0.806. The Labute approximate surface area is 113 Å². The first-order valence-corrected chi connectivity index (χ1v) is 7.25. The molecule has 0 bridgehead atoms. The van der Waals surface area contributed by atoms with Crippen LogP contribution in [0.25, 0.3) is 0 Å². The second kappa shape index (κ2) is 5.50. The van der Waals surface area contributed by atoms with Crippen molar-refractivity contribution in [3.63, 3.8) is 0 Å². The van der Waals surface area contributed by atoms with Crippen LogP contribution in [0.1, 0.15) is 16.7 Å². The lowest BCUT2D eigenvalue weighted by Crippen LogP contribution is -2.07. The largest absolute Gasteiger partial charge is 0.297 e. The summed E-state index contributed by atoms with van der Waals surface area (Å²) in [5.74, 6) is 0. The zero-order valence-electron chi connectivity index (χ0n) is 10.8. The van der Waals surface area contributed by atoms with E-state index < -0.39 is 10.1 Å². The Morgan fingerprint density at radius 3 is 2.42 bits per heavy atom. The number of nitrogens with zero attached hydrogens (tertiary/aromatic N) is 1. The maximum Gasteiger partial charge on any atom is 0.297 e. The van der Waals surface area contributed by atoms with E-state index in [2.05, 4.69) is 4.98 Å². The highest BCUT2D eigenvalue weighted by molar-refractivity contribution is 7.86. The molecule has 1 aromatic carbocycles. The number of aryl methyl sites for hydroxylation is 2. The summed E-state index contributed by atoms with van der Waals surface area (Å²) < 4.78 is 29.0. The highest BCUT2D eigenvalue weighted by Crippen LogP contribution is 2.16. The van der Waals surface area contributed by atoms with Gasteiger partial charge in [-0.05, 0) is 43.2 Å². The second-order valence-electron chi connectivity index (χ2n) is 4.33. The molecule has 0 aliphatic heterocycles. The Morgan fingerprint density at radius 2 is 1.79 bits per heavy atom. The molecular formula is C14H15NO3S. The zero-order chi connectivity index (χ0) is 13.9. The van der Waals surface area contributed by atoms with Crippen molar-refractivity contribution in [2.24, 2.45) is 0 Å². The molecule has 0 atom stereocenters. The summed E-state index contributed by atoms with van der Waals surface area (Å²) in [7, 11) is -3.71. The average molecular weight is 277 g/mol. The molecule has 19 heavy (non-hydrogen) atoms. The van der Waals surface area contributed by atoms with E-state index in [1.165, 1.54) is 0 Å². The normalized spacial score (nSPS) is 11.5. The van der Waals surface area contributed by atoms with Crippen LogP contribution in [-0.4, -0.2) is 13.4 Å². The van der Waals surface area contributed by atoms with Crippen LogP contribution in [0.3, 0.4) is 0 Å². The Bertz CT molecular complexity index is 663. The summed E-state index contributed by atoms with van der Waals surface area (Å²) in [4.78, 5) is 4.12. The Kier molecular flexibility index (Phi) is 3.97. The predicted octanol–water partition coefficient (Wildman–Crippen LogP) is 2.60. The van der Waals surface area contributed by atoms with Crippen LogP contribution in [0.15, 0.2) is 47.6 Å². The first kappa shape index (κ1) is 13.7. The van der Waals surface area contributed by atoms with Gasteiger partial charge in [-0.15, -0.1) is 0 Å². The molecule has 0 amide bonds. The SMILES string of the molecule is Cc1ccc(S(=O)(=O)OCc2ccncc2C)cc1. The standard InChI is InChI=1S/C14H15NO3S/c1-11-3-5-14(6-4-11)19(16,17)18-10-13-7-8-15-9-12(13)2/h3-9H,10H2,1-2H3. The van der Waals surface area contributed by atoms with Gasteiger partial charge in [-0.25, -0.2) is 0 Å². The lowest BCUT2D eigenvalue weighted by atomic mass is 10.2. The summed E-state index contributed by atoms with van der Waals surface area (Å²) in [5.41, 5.74) is 2.72. The van der Waals surface area contributed by atoms with Crippen LogP contribution in [0.2, 0.25) is 0 Å². The smallest absolute Gasteiger partial charge is 0.264 e. The van der Waals surface area contributed by atoms with E-state index in [4.69, 9.17) is 4.18 Å². The third kappa shape index (κ3) is 3.39. The zero-order valence-corrected chi connectivity index (χ0v) is 11.6. The molecule has 5 heteroatoms. The monoisotopic (exact) mass is 277 g/mol. The number of benzene rings is 1. The van der Waals surface area contributed by atoms with Gasteiger partial charge in [0.1, 0.15) is 0 Å². The van der Waals surface area contributed by atoms with Gasteiger partial charge in [0.15, 0.2) is 0 Å². The van der Waals surface area contributed by atoms with Crippen molar-refractivity contribution in [2.45, 2.75) is 25.3 Å². The van der Waals surface area contributed by atoms with Crippen molar-refractivity contribution < 1.29 is 12.6 Å². The lowest BCUT2D eigenvalue weighted by molar-refractivity contribution is 0.307. The highest BCUT2D eigenvalue weighted by Gasteiger charge is 2.15. The average Bonchev–Trinajstić information content (AvgIpc) is 2.38. The van der Waals surface area contributed by atoms with Gasteiger partial charge in [0.2, 0.25) is 0 Å². The maximum atomic E-state index is 12.0. The molecule has 1 heterocycles. The van der Waals surface area contributed by atoms with E-state index in [9.17, 15) is 8.42 Å². The van der Waals surface area contributed by atoms with Crippen molar-refractivity contribution in [1.82, 2.24) is 4.98 Å². The molecule has 0 radical (unpaired) electrons. The summed E-state index contributed by atoms with van der Waals surface area (Å²) >= 11 is 0. The van der Waals surface area contributed by atoms with Gasteiger partial charge in [-0.3, -0.25) is 9.17 Å². The molecule has 0 aliphatic rings. The molecule has 0 aliphatic carbocycles. The lowest BCUT2D eigenvalue weighted by Gasteiger charge is -2.07. The first-order chi connectivity index (χ1) is 8.99. The molecule has 100 valence electrons. The Balaban J connectivity index is 2.14. The van der Waals surface area contributed by atoms with E-state index in [0.717, 1.165) is 16.7 Å². The maximum absolute atomic E-state index is 12.0. The van der Waals surface area contributed by atoms with Crippen molar-refractivity contribution >= 4 is 10.1 Å². The van der Waals surface area contributed by atoms with Crippen LogP contribution >= 0.6 is 0 Å². The van der Waals surface area contributed by atoms with Crippen molar-refractivity contribution in [2.75, 3.05) is 0 Å². The van der Waals surface area contributed by atoms with E-state index in [1.54, 1.807) is 42.7 Å². The fourth-order valence-corrected chi connectivity index (χ4v) is 2.47.